The summed E-state index contributed by atoms with van der Waals surface area (Å²) in [6.07, 6.45) is 1.19. The molecule has 0 spiro atoms. The fourth-order valence-electron chi connectivity index (χ4n) is 3.81. The highest BCUT2D eigenvalue weighted by Gasteiger charge is 2.22. The Morgan fingerprint density at radius 2 is 1.97 bits per heavy atom. The summed E-state index contributed by atoms with van der Waals surface area (Å²) < 4.78 is 11.3. The second-order valence-corrected chi connectivity index (χ2v) is 7.90. The molecule has 6 nitrogen and oxygen atoms in total. The Morgan fingerprint density at radius 1 is 1.13 bits per heavy atom. The van der Waals surface area contributed by atoms with E-state index in [-0.39, 0.29) is 0 Å². The number of nitrogens with zero attached hydrogens (tertiary/aromatic N) is 2. The van der Waals surface area contributed by atoms with Crippen molar-refractivity contribution in [2.24, 2.45) is 10.9 Å². The van der Waals surface area contributed by atoms with Crippen LogP contribution in [0, 0.1) is 12.8 Å². The molecule has 3 rings (SSSR count). The molecule has 0 amide bonds. The third-order valence-corrected chi connectivity index (χ3v) is 5.55. The Labute approximate surface area is 186 Å². The number of ether oxygens (including phenoxy) is 2. The monoisotopic (exact) mass is 424 g/mol. The Kier molecular flexibility index (Phi) is 9.03. The molecule has 0 aromatic heterocycles. The normalized spacial score (nSPS) is 16.4. The molecule has 1 heterocycles. The van der Waals surface area contributed by atoms with Crippen molar-refractivity contribution in [2.75, 3.05) is 51.4 Å². The van der Waals surface area contributed by atoms with E-state index < -0.39 is 0 Å². The van der Waals surface area contributed by atoms with Gasteiger partial charge in [0.1, 0.15) is 12.4 Å². The van der Waals surface area contributed by atoms with Gasteiger partial charge in [0.2, 0.25) is 0 Å². The van der Waals surface area contributed by atoms with Crippen molar-refractivity contribution < 1.29 is 9.47 Å². The number of aryl methyl sites for hydroxylation is 1. The number of hydrogen-bond acceptors (Lipinski definition) is 4. The van der Waals surface area contributed by atoms with Crippen molar-refractivity contribution in [3.8, 4) is 5.75 Å². The van der Waals surface area contributed by atoms with E-state index in [4.69, 9.17) is 9.47 Å². The molecule has 2 N–H and O–H groups in total. The molecule has 31 heavy (non-hydrogen) atoms. The van der Waals surface area contributed by atoms with Gasteiger partial charge in [0.05, 0.1) is 6.61 Å². The van der Waals surface area contributed by atoms with Gasteiger partial charge in [-0.2, -0.15) is 0 Å². The van der Waals surface area contributed by atoms with Gasteiger partial charge < -0.3 is 25.0 Å². The summed E-state index contributed by atoms with van der Waals surface area (Å²) in [7, 11) is 1.81. The van der Waals surface area contributed by atoms with Gasteiger partial charge in [-0.3, -0.25) is 4.99 Å². The molecule has 0 radical (unpaired) electrons. The minimum Gasteiger partial charge on any atom is -0.491 e. The lowest BCUT2D eigenvalue weighted by Gasteiger charge is -2.19. The van der Waals surface area contributed by atoms with E-state index in [1.807, 2.05) is 14.0 Å². The third-order valence-electron chi connectivity index (χ3n) is 5.55. The largest absolute Gasteiger partial charge is 0.491 e. The van der Waals surface area contributed by atoms with Crippen molar-refractivity contribution in [1.82, 2.24) is 10.6 Å². The smallest absolute Gasteiger partial charge is 0.191 e. The molecule has 2 aromatic carbocycles. The maximum atomic E-state index is 5.95. The summed E-state index contributed by atoms with van der Waals surface area (Å²) in [6.45, 7) is 9.67. The van der Waals surface area contributed by atoms with E-state index in [1.165, 1.54) is 17.7 Å². The van der Waals surface area contributed by atoms with Gasteiger partial charge in [-0.05, 0) is 49.9 Å². The van der Waals surface area contributed by atoms with Crippen LogP contribution in [-0.4, -0.2) is 52.5 Å². The predicted octanol–water partition coefficient (Wildman–Crippen LogP) is 3.60. The number of para-hydroxylation sites is 1. The minimum absolute atomic E-state index is 0.552. The van der Waals surface area contributed by atoms with Crippen molar-refractivity contribution in [2.45, 2.75) is 26.8 Å². The maximum Gasteiger partial charge on any atom is 0.191 e. The lowest BCUT2D eigenvalue weighted by Crippen LogP contribution is -2.40. The third kappa shape index (κ3) is 7.17. The molecule has 168 valence electrons. The molecular weight excluding hydrogens is 388 g/mol. The number of hydrogen-bond donors (Lipinski definition) is 2. The molecule has 1 unspecified atom stereocenters. The topological polar surface area (TPSA) is 58.1 Å². The van der Waals surface area contributed by atoms with Crippen LogP contribution in [-0.2, 0) is 11.3 Å². The Bertz CT molecular complexity index is 826. The number of benzene rings is 2. The SMILES string of the molecule is CCOCCOc1cc(C)ccc1CNC(=NC)NCC1CCN(c2ccccc2)C1. The van der Waals surface area contributed by atoms with Crippen LogP contribution in [0.2, 0.25) is 0 Å². The summed E-state index contributed by atoms with van der Waals surface area (Å²) >= 11 is 0. The van der Waals surface area contributed by atoms with E-state index >= 15 is 0 Å². The van der Waals surface area contributed by atoms with Crippen molar-refractivity contribution in [1.29, 1.82) is 0 Å². The van der Waals surface area contributed by atoms with Crippen LogP contribution in [0.1, 0.15) is 24.5 Å². The fourth-order valence-corrected chi connectivity index (χ4v) is 3.81. The van der Waals surface area contributed by atoms with Crippen LogP contribution < -0.4 is 20.3 Å². The lowest BCUT2D eigenvalue weighted by molar-refractivity contribution is 0.110. The summed E-state index contributed by atoms with van der Waals surface area (Å²) in [6, 6.07) is 16.9. The number of anilines is 1. The highest BCUT2D eigenvalue weighted by Crippen LogP contribution is 2.23. The second-order valence-electron chi connectivity index (χ2n) is 7.90. The standard InChI is InChI=1S/C25H36N4O2/c1-4-30-14-15-31-24-16-20(2)10-11-22(24)18-28-25(26-3)27-17-21-12-13-29(19-21)23-8-6-5-7-9-23/h5-11,16,21H,4,12-15,17-19H2,1-3H3,(H2,26,27,28). The van der Waals surface area contributed by atoms with Gasteiger partial charge in [0.15, 0.2) is 5.96 Å². The number of aliphatic imine (C=N–C) groups is 1. The minimum atomic E-state index is 0.552. The Morgan fingerprint density at radius 3 is 2.74 bits per heavy atom. The average Bonchev–Trinajstić information content (AvgIpc) is 3.27. The van der Waals surface area contributed by atoms with Crippen molar-refractivity contribution >= 4 is 11.6 Å². The molecule has 0 bridgehead atoms. The zero-order valence-corrected chi connectivity index (χ0v) is 19.1. The quantitative estimate of drug-likeness (QED) is 0.347. The summed E-state index contributed by atoms with van der Waals surface area (Å²) in [5.74, 6) is 2.33. The number of rotatable bonds is 10. The molecule has 1 aliphatic rings. The van der Waals surface area contributed by atoms with Crippen LogP contribution in [0.4, 0.5) is 5.69 Å². The lowest BCUT2D eigenvalue weighted by atomic mass is 10.1. The van der Waals surface area contributed by atoms with Gasteiger partial charge in [0, 0.05) is 51.1 Å². The first-order chi connectivity index (χ1) is 15.2. The van der Waals surface area contributed by atoms with E-state index in [0.717, 1.165) is 36.9 Å². The molecule has 1 fully saturated rings. The van der Waals surface area contributed by atoms with Crippen LogP contribution in [0.5, 0.6) is 5.75 Å². The fraction of sp³-hybridized carbons (Fsp3) is 0.480. The molecule has 2 aromatic rings. The second kappa shape index (κ2) is 12.2. The molecular formula is C25H36N4O2. The first-order valence-electron chi connectivity index (χ1n) is 11.2. The number of guanidine groups is 1. The van der Waals surface area contributed by atoms with Crippen LogP contribution in [0.15, 0.2) is 53.5 Å². The summed E-state index contributed by atoms with van der Waals surface area (Å²) in [5.41, 5.74) is 3.60. The predicted molar refractivity (Wildman–Crippen MR) is 128 cm³/mol. The maximum absolute atomic E-state index is 5.95. The summed E-state index contributed by atoms with van der Waals surface area (Å²) in [5, 5.41) is 6.92. The van der Waals surface area contributed by atoms with E-state index in [9.17, 15) is 0 Å². The van der Waals surface area contributed by atoms with Gasteiger partial charge in [-0.15, -0.1) is 0 Å². The van der Waals surface area contributed by atoms with Crippen molar-refractivity contribution in [3.05, 3.63) is 59.7 Å². The average molecular weight is 425 g/mol. The van der Waals surface area contributed by atoms with Gasteiger partial charge in [-0.1, -0.05) is 30.3 Å². The highest BCUT2D eigenvalue weighted by molar-refractivity contribution is 5.79. The van der Waals surface area contributed by atoms with E-state index in [1.54, 1.807) is 0 Å². The van der Waals surface area contributed by atoms with Crippen LogP contribution in [0.3, 0.4) is 0 Å². The first-order valence-corrected chi connectivity index (χ1v) is 11.2. The van der Waals surface area contributed by atoms with E-state index in [0.29, 0.717) is 32.3 Å². The zero-order valence-electron chi connectivity index (χ0n) is 19.1. The highest BCUT2D eigenvalue weighted by atomic mass is 16.5. The molecule has 6 heteroatoms. The Balaban J connectivity index is 1.46. The summed E-state index contributed by atoms with van der Waals surface area (Å²) in [4.78, 5) is 6.85. The zero-order chi connectivity index (χ0) is 21.9. The molecule has 1 atom stereocenters. The molecule has 0 saturated carbocycles. The molecule has 1 saturated heterocycles. The van der Waals surface area contributed by atoms with Gasteiger partial charge in [0.25, 0.3) is 0 Å². The molecule has 1 aliphatic heterocycles. The van der Waals surface area contributed by atoms with E-state index in [2.05, 4.69) is 76.0 Å². The van der Waals surface area contributed by atoms with Gasteiger partial charge >= 0.3 is 0 Å². The number of nitrogens with one attached hydrogen (secondary N) is 2. The van der Waals surface area contributed by atoms with Gasteiger partial charge in [-0.25, -0.2) is 0 Å². The van der Waals surface area contributed by atoms with Crippen molar-refractivity contribution in [3.63, 3.8) is 0 Å². The first kappa shape index (κ1) is 22.9. The van der Waals surface area contributed by atoms with Crippen LogP contribution in [0.25, 0.3) is 0 Å². The Hall–Kier alpha value is -2.73. The van der Waals surface area contributed by atoms with Crippen LogP contribution >= 0.6 is 0 Å². The molecule has 0 aliphatic carbocycles.